The normalized spacial score (nSPS) is 16.0. The zero-order chi connectivity index (χ0) is 45.6. The van der Waals surface area contributed by atoms with Gasteiger partial charge in [-0.2, -0.15) is 0 Å². The number of nitrogens with two attached hydrogens (primary N) is 3. The van der Waals surface area contributed by atoms with Crippen molar-refractivity contribution in [1.82, 2.24) is 37.2 Å². The SMILES string of the molecule is CC[C@H](C)[C@H](N)C(=O)NCC(=O)N[C@@H](CCC(=O)O)C(=O)N[C@H](C(=O)NCC(=O)N[C@H](C(=O)N[C@H](C(=O)N[C@@H](CCCN=C(N)N)C(=O)O)[C@@H](C)O)[C@@H](C)O)[C@@H](C)CC. The van der Waals surface area contributed by atoms with E-state index in [0.717, 1.165) is 13.8 Å². The Morgan fingerprint density at radius 2 is 1.08 bits per heavy atom. The molecule has 0 aromatic heterocycles. The average molecular weight is 846 g/mol. The first-order valence-corrected chi connectivity index (χ1v) is 19.1. The van der Waals surface area contributed by atoms with Crippen molar-refractivity contribution >= 4 is 59.2 Å². The molecule has 0 unspecified atom stereocenters. The van der Waals surface area contributed by atoms with Gasteiger partial charge in [-0.15, -0.1) is 0 Å². The highest BCUT2D eigenvalue weighted by atomic mass is 16.4. The molecule has 0 rings (SSSR count). The second-order valence-electron chi connectivity index (χ2n) is 14.1. The van der Waals surface area contributed by atoms with E-state index in [0.29, 0.717) is 12.8 Å². The Labute approximate surface area is 342 Å². The number of guanidine groups is 1. The minimum absolute atomic E-state index is 0.0643. The van der Waals surface area contributed by atoms with E-state index in [9.17, 15) is 63.6 Å². The first-order chi connectivity index (χ1) is 27.5. The molecule has 7 amide bonds. The number of hydrogen-bond acceptors (Lipinski definition) is 13. The highest BCUT2D eigenvalue weighted by Gasteiger charge is 2.35. The van der Waals surface area contributed by atoms with Gasteiger partial charge < -0.3 is 74.8 Å². The van der Waals surface area contributed by atoms with Crippen LogP contribution in [0.1, 0.15) is 80.1 Å². The molecule has 0 bridgehead atoms. The lowest BCUT2D eigenvalue weighted by atomic mass is 9.97. The van der Waals surface area contributed by atoms with Crippen molar-refractivity contribution in [1.29, 1.82) is 0 Å². The van der Waals surface area contributed by atoms with Crippen LogP contribution < -0.4 is 54.4 Å². The third-order valence-corrected chi connectivity index (χ3v) is 9.20. The molecule has 0 saturated heterocycles. The second kappa shape index (κ2) is 27.1. The van der Waals surface area contributed by atoms with Crippen LogP contribution in [0, 0.1) is 11.8 Å². The van der Waals surface area contributed by atoms with Gasteiger partial charge in [0.15, 0.2) is 5.96 Å². The van der Waals surface area contributed by atoms with Crippen LogP contribution in [0.15, 0.2) is 4.99 Å². The van der Waals surface area contributed by atoms with E-state index in [1.165, 1.54) is 0 Å². The highest BCUT2D eigenvalue weighted by molar-refractivity contribution is 5.96. The molecule has 17 N–H and O–H groups in total. The van der Waals surface area contributed by atoms with Crippen molar-refractivity contribution in [2.45, 2.75) is 129 Å². The maximum absolute atomic E-state index is 13.3. The van der Waals surface area contributed by atoms with Crippen molar-refractivity contribution in [2.24, 2.45) is 34.0 Å². The van der Waals surface area contributed by atoms with Gasteiger partial charge >= 0.3 is 11.9 Å². The number of amides is 7. The smallest absolute Gasteiger partial charge is 0.326 e. The molecule has 0 saturated carbocycles. The van der Waals surface area contributed by atoms with Gasteiger partial charge in [0, 0.05) is 13.0 Å². The summed E-state index contributed by atoms with van der Waals surface area (Å²) in [7, 11) is 0. The number of carboxylic acids is 2. The third kappa shape index (κ3) is 20.6. The van der Waals surface area contributed by atoms with Crippen LogP contribution in [0.2, 0.25) is 0 Å². The monoisotopic (exact) mass is 845 g/mol. The lowest BCUT2D eigenvalue weighted by Gasteiger charge is -2.27. The van der Waals surface area contributed by atoms with Crippen molar-refractivity contribution in [3.63, 3.8) is 0 Å². The summed E-state index contributed by atoms with van der Waals surface area (Å²) in [5.74, 6) is -10.2. The molecular weight excluding hydrogens is 782 g/mol. The van der Waals surface area contributed by atoms with Crippen LogP contribution in [-0.2, 0) is 43.2 Å². The molecule has 10 atom stereocenters. The van der Waals surface area contributed by atoms with E-state index in [1.54, 1.807) is 20.8 Å². The van der Waals surface area contributed by atoms with Gasteiger partial charge in [0.05, 0.1) is 31.3 Å². The zero-order valence-corrected chi connectivity index (χ0v) is 34.3. The first kappa shape index (κ1) is 53.4. The van der Waals surface area contributed by atoms with E-state index in [1.807, 2.05) is 6.92 Å². The number of carbonyl (C=O) groups excluding carboxylic acids is 7. The van der Waals surface area contributed by atoms with Crippen LogP contribution in [0.25, 0.3) is 0 Å². The van der Waals surface area contributed by atoms with Gasteiger partial charge in [-0.25, -0.2) is 4.79 Å². The zero-order valence-electron chi connectivity index (χ0n) is 34.3. The molecule has 0 spiro atoms. The fourth-order valence-electron chi connectivity index (χ4n) is 5.11. The molecule has 24 nitrogen and oxygen atoms in total. The van der Waals surface area contributed by atoms with Crippen LogP contribution >= 0.6 is 0 Å². The number of aliphatic imine (C=N–C) groups is 1. The molecule has 0 aliphatic rings. The summed E-state index contributed by atoms with van der Waals surface area (Å²) >= 11 is 0. The van der Waals surface area contributed by atoms with Crippen molar-refractivity contribution in [3.05, 3.63) is 0 Å². The number of nitrogens with one attached hydrogen (secondary N) is 7. The summed E-state index contributed by atoms with van der Waals surface area (Å²) < 4.78 is 0. The van der Waals surface area contributed by atoms with Gasteiger partial charge in [0.2, 0.25) is 41.4 Å². The van der Waals surface area contributed by atoms with E-state index < -0.39 is 127 Å². The molecule has 24 heteroatoms. The number of aliphatic hydroxyl groups excluding tert-OH is 2. The highest BCUT2D eigenvalue weighted by Crippen LogP contribution is 2.10. The summed E-state index contributed by atoms with van der Waals surface area (Å²) in [5, 5.41) is 55.4. The van der Waals surface area contributed by atoms with Crippen molar-refractivity contribution in [3.8, 4) is 0 Å². The number of aliphatic hydroxyl groups is 2. The summed E-state index contributed by atoms with van der Waals surface area (Å²) in [6.07, 6.45) is -3.14. The topological polar surface area (TPSA) is 409 Å². The Bertz CT molecular complexity index is 1490. The van der Waals surface area contributed by atoms with Crippen LogP contribution in [0.3, 0.4) is 0 Å². The summed E-state index contributed by atoms with van der Waals surface area (Å²) in [5.41, 5.74) is 16.4. The quantitative estimate of drug-likeness (QED) is 0.0199. The molecule has 336 valence electrons. The number of hydrogen-bond donors (Lipinski definition) is 14. The minimum atomic E-state index is -1.75. The lowest BCUT2D eigenvalue weighted by Crippen LogP contribution is -2.61. The summed E-state index contributed by atoms with van der Waals surface area (Å²) in [6, 6.07) is -8.61. The molecule has 0 radical (unpaired) electrons. The molecule has 0 heterocycles. The molecule has 59 heavy (non-hydrogen) atoms. The number of carbonyl (C=O) groups is 9. The Kier molecular flexibility index (Phi) is 24.6. The second-order valence-corrected chi connectivity index (χ2v) is 14.1. The number of rotatable bonds is 28. The number of nitrogens with zero attached hydrogens (tertiary/aromatic N) is 1. The van der Waals surface area contributed by atoms with Crippen molar-refractivity contribution < 1.29 is 63.6 Å². The van der Waals surface area contributed by atoms with Gasteiger partial charge in [0.25, 0.3) is 0 Å². The van der Waals surface area contributed by atoms with Crippen LogP contribution in [0.4, 0.5) is 0 Å². The molecule has 0 aromatic rings. The van der Waals surface area contributed by atoms with Gasteiger partial charge in [-0.3, -0.25) is 43.3 Å². The largest absolute Gasteiger partial charge is 0.481 e. The predicted octanol–water partition coefficient (Wildman–Crippen LogP) is -5.17. The predicted molar refractivity (Wildman–Crippen MR) is 210 cm³/mol. The standard InChI is InChI=1S/C35H63N11O13/c1-7-16(3)25(36)30(54)40-14-22(49)42-20(11-12-24(51)52)29(53)45-26(17(4)8-2)31(55)41-15-23(50)44-27(18(5)47)33(57)46-28(19(6)48)32(56)43-21(34(58)59)10-9-13-39-35(37)38/h16-21,25-28,47-48H,7-15,36H2,1-6H3,(H,40,54)(H,41,55)(H,42,49)(H,43,56)(H,44,50)(H,45,53)(H,46,57)(H,51,52)(H,58,59)(H4,37,38,39)/t16-,17-,18+,19+,20-,21-,25-,26-,27-,28-/m0/s1. The van der Waals surface area contributed by atoms with Gasteiger partial charge in [-0.05, 0) is 44.9 Å². The fraction of sp³-hybridized carbons (Fsp3) is 0.714. The number of carboxylic acid groups (broad SMARTS) is 2. The van der Waals surface area contributed by atoms with E-state index in [4.69, 9.17) is 17.2 Å². The van der Waals surface area contributed by atoms with E-state index in [-0.39, 0.29) is 37.7 Å². The maximum atomic E-state index is 13.3. The Morgan fingerprint density at radius 1 is 0.593 bits per heavy atom. The van der Waals surface area contributed by atoms with E-state index >= 15 is 0 Å². The first-order valence-electron chi connectivity index (χ1n) is 19.1. The molecule has 0 aromatic carbocycles. The summed E-state index contributed by atoms with van der Waals surface area (Å²) in [4.78, 5) is 117. The average Bonchev–Trinajstić information content (AvgIpc) is 3.16. The Morgan fingerprint density at radius 3 is 1.58 bits per heavy atom. The molecule has 0 aliphatic heterocycles. The fourth-order valence-corrected chi connectivity index (χ4v) is 5.11. The molecule has 0 fully saturated rings. The van der Waals surface area contributed by atoms with Crippen molar-refractivity contribution in [2.75, 3.05) is 19.6 Å². The Hall–Kier alpha value is -5.62. The molecular formula is C35H63N11O13. The number of aliphatic carboxylic acids is 2. The van der Waals surface area contributed by atoms with Gasteiger partial charge in [-0.1, -0.05) is 40.5 Å². The lowest BCUT2D eigenvalue weighted by molar-refractivity contribution is -0.143. The minimum Gasteiger partial charge on any atom is -0.481 e. The van der Waals surface area contributed by atoms with Crippen LogP contribution in [-0.4, -0.2) is 148 Å². The van der Waals surface area contributed by atoms with E-state index in [2.05, 4.69) is 42.2 Å². The van der Waals surface area contributed by atoms with Crippen LogP contribution in [0.5, 0.6) is 0 Å². The maximum Gasteiger partial charge on any atom is 0.326 e. The molecule has 0 aliphatic carbocycles. The third-order valence-electron chi connectivity index (χ3n) is 9.20. The van der Waals surface area contributed by atoms with Gasteiger partial charge in [0.1, 0.15) is 30.2 Å². The Balaban J connectivity index is 5.73. The summed E-state index contributed by atoms with van der Waals surface area (Å²) in [6.45, 7) is 7.83.